The van der Waals surface area contributed by atoms with Gasteiger partial charge in [0.2, 0.25) is 0 Å². The van der Waals surface area contributed by atoms with E-state index in [1.165, 1.54) is 24.9 Å². The van der Waals surface area contributed by atoms with Crippen LogP contribution in [0.5, 0.6) is 0 Å². The third-order valence-corrected chi connectivity index (χ3v) is 3.51. The van der Waals surface area contributed by atoms with Gasteiger partial charge >= 0.3 is 0 Å². The Hall–Kier alpha value is -1.49. The Morgan fingerprint density at radius 1 is 1.50 bits per heavy atom. The molecule has 16 heavy (non-hydrogen) atoms. The summed E-state index contributed by atoms with van der Waals surface area (Å²) >= 11 is 0. The summed E-state index contributed by atoms with van der Waals surface area (Å²) in [4.78, 5) is 2.48. The largest absolute Gasteiger partial charge is 0.369 e. The Morgan fingerprint density at radius 2 is 2.31 bits per heavy atom. The van der Waals surface area contributed by atoms with E-state index < -0.39 is 0 Å². The van der Waals surface area contributed by atoms with E-state index in [9.17, 15) is 0 Å². The van der Waals surface area contributed by atoms with Crippen molar-refractivity contribution in [2.45, 2.75) is 39.2 Å². The van der Waals surface area contributed by atoms with E-state index in [4.69, 9.17) is 5.26 Å². The standard InChI is InChI=1S/C14H18N2/c1-3-13-5-4-8-16(13)14-7-6-12(10-15)11(2)9-14/h6-7,9,13H,3-5,8H2,1-2H3. The second-order valence-corrected chi connectivity index (χ2v) is 4.51. The monoisotopic (exact) mass is 214 g/mol. The molecule has 1 aromatic carbocycles. The summed E-state index contributed by atoms with van der Waals surface area (Å²) in [5.74, 6) is 0. The second kappa shape index (κ2) is 4.57. The van der Waals surface area contributed by atoms with Gasteiger partial charge in [-0.1, -0.05) is 6.92 Å². The van der Waals surface area contributed by atoms with Crippen molar-refractivity contribution in [1.82, 2.24) is 0 Å². The molecule has 2 nitrogen and oxygen atoms in total. The molecule has 1 heterocycles. The van der Waals surface area contributed by atoms with Gasteiger partial charge in [0, 0.05) is 18.3 Å². The van der Waals surface area contributed by atoms with Crippen LogP contribution in [0.4, 0.5) is 5.69 Å². The van der Waals surface area contributed by atoms with Crippen molar-refractivity contribution in [3.05, 3.63) is 29.3 Å². The lowest BCUT2D eigenvalue weighted by molar-refractivity contribution is 0.645. The molecule has 2 heteroatoms. The molecule has 0 aliphatic carbocycles. The zero-order chi connectivity index (χ0) is 11.5. The number of rotatable bonds is 2. The predicted octanol–water partition coefficient (Wildman–Crippen LogP) is 3.25. The first-order valence-electron chi connectivity index (χ1n) is 6.03. The third-order valence-electron chi connectivity index (χ3n) is 3.51. The Balaban J connectivity index is 2.28. The van der Waals surface area contributed by atoms with Crippen molar-refractivity contribution in [2.75, 3.05) is 11.4 Å². The quantitative estimate of drug-likeness (QED) is 0.755. The van der Waals surface area contributed by atoms with Crippen LogP contribution in [-0.2, 0) is 0 Å². The molecule has 0 saturated carbocycles. The molecule has 1 aromatic rings. The Morgan fingerprint density at radius 3 is 2.94 bits per heavy atom. The van der Waals surface area contributed by atoms with Gasteiger partial charge in [-0.25, -0.2) is 0 Å². The molecule has 1 aliphatic rings. The third kappa shape index (κ3) is 1.90. The maximum Gasteiger partial charge on any atom is 0.0994 e. The molecule has 0 spiro atoms. The topological polar surface area (TPSA) is 27.0 Å². The number of aryl methyl sites for hydroxylation is 1. The molecule has 0 amide bonds. The van der Waals surface area contributed by atoms with Gasteiger partial charge in [-0.05, 0) is 49.9 Å². The van der Waals surface area contributed by atoms with Crippen LogP contribution in [0.25, 0.3) is 0 Å². The predicted molar refractivity (Wildman–Crippen MR) is 66.6 cm³/mol. The highest BCUT2D eigenvalue weighted by Gasteiger charge is 2.23. The summed E-state index contributed by atoms with van der Waals surface area (Å²) in [6.07, 6.45) is 3.80. The van der Waals surface area contributed by atoms with E-state index in [2.05, 4.69) is 30.0 Å². The molecular formula is C14H18N2. The van der Waals surface area contributed by atoms with Crippen LogP contribution in [0.15, 0.2) is 18.2 Å². The number of nitrogens with zero attached hydrogens (tertiary/aromatic N) is 2. The van der Waals surface area contributed by atoms with E-state index in [1.807, 2.05) is 13.0 Å². The van der Waals surface area contributed by atoms with Crippen molar-refractivity contribution in [3.8, 4) is 6.07 Å². The van der Waals surface area contributed by atoms with Crippen molar-refractivity contribution in [2.24, 2.45) is 0 Å². The first kappa shape index (κ1) is 11.0. The van der Waals surface area contributed by atoms with Crippen molar-refractivity contribution in [3.63, 3.8) is 0 Å². The fourth-order valence-electron chi connectivity index (χ4n) is 2.55. The smallest absolute Gasteiger partial charge is 0.0994 e. The van der Waals surface area contributed by atoms with E-state index in [-0.39, 0.29) is 0 Å². The summed E-state index contributed by atoms with van der Waals surface area (Å²) in [7, 11) is 0. The fraction of sp³-hybridized carbons (Fsp3) is 0.500. The molecule has 1 unspecified atom stereocenters. The lowest BCUT2D eigenvalue weighted by Gasteiger charge is -2.26. The highest BCUT2D eigenvalue weighted by Crippen LogP contribution is 2.28. The van der Waals surface area contributed by atoms with Crippen molar-refractivity contribution in [1.29, 1.82) is 5.26 Å². The van der Waals surface area contributed by atoms with Gasteiger partial charge in [-0.3, -0.25) is 0 Å². The highest BCUT2D eigenvalue weighted by molar-refractivity contribution is 5.54. The highest BCUT2D eigenvalue weighted by atomic mass is 15.2. The van der Waals surface area contributed by atoms with Crippen LogP contribution in [0.1, 0.15) is 37.3 Å². The lowest BCUT2D eigenvalue weighted by Crippen LogP contribution is -2.28. The average Bonchev–Trinajstić information content (AvgIpc) is 2.77. The van der Waals surface area contributed by atoms with Crippen LogP contribution in [0, 0.1) is 18.3 Å². The van der Waals surface area contributed by atoms with Crippen LogP contribution in [0.2, 0.25) is 0 Å². The van der Waals surface area contributed by atoms with Crippen LogP contribution in [-0.4, -0.2) is 12.6 Å². The maximum atomic E-state index is 8.91. The molecular weight excluding hydrogens is 196 g/mol. The minimum atomic E-state index is 0.687. The van der Waals surface area contributed by atoms with E-state index >= 15 is 0 Å². The number of hydrogen-bond donors (Lipinski definition) is 0. The summed E-state index contributed by atoms with van der Waals surface area (Å²) in [5, 5.41) is 8.91. The minimum absolute atomic E-state index is 0.687. The van der Waals surface area contributed by atoms with E-state index in [0.717, 1.165) is 17.7 Å². The lowest BCUT2D eigenvalue weighted by atomic mass is 10.1. The zero-order valence-corrected chi connectivity index (χ0v) is 10.0. The zero-order valence-electron chi connectivity index (χ0n) is 10.0. The maximum absolute atomic E-state index is 8.91. The van der Waals surface area contributed by atoms with Crippen LogP contribution < -0.4 is 4.90 Å². The SMILES string of the molecule is CCC1CCCN1c1ccc(C#N)c(C)c1. The molecule has 1 atom stereocenters. The first-order valence-corrected chi connectivity index (χ1v) is 6.03. The van der Waals surface area contributed by atoms with Gasteiger partial charge in [-0.15, -0.1) is 0 Å². The molecule has 1 aliphatic heterocycles. The fourth-order valence-corrected chi connectivity index (χ4v) is 2.55. The first-order chi connectivity index (χ1) is 7.76. The number of hydrogen-bond acceptors (Lipinski definition) is 2. The van der Waals surface area contributed by atoms with Gasteiger partial charge in [0.25, 0.3) is 0 Å². The summed E-state index contributed by atoms with van der Waals surface area (Å²) in [6, 6.07) is 9.08. The van der Waals surface area contributed by atoms with E-state index in [0.29, 0.717) is 6.04 Å². The van der Waals surface area contributed by atoms with Gasteiger partial charge in [-0.2, -0.15) is 5.26 Å². The summed E-state index contributed by atoms with van der Waals surface area (Å²) in [6.45, 7) is 5.42. The second-order valence-electron chi connectivity index (χ2n) is 4.51. The molecule has 2 rings (SSSR count). The van der Waals surface area contributed by atoms with Gasteiger partial charge < -0.3 is 4.90 Å². The van der Waals surface area contributed by atoms with Gasteiger partial charge in [0.15, 0.2) is 0 Å². The molecule has 0 aromatic heterocycles. The molecule has 1 fully saturated rings. The number of benzene rings is 1. The molecule has 1 saturated heterocycles. The van der Waals surface area contributed by atoms with Gasteiger partial charge in [0.05, 0.1) is 11.6 Å². The number of nitriles is 1. The van der Waals surface area contributed by atoms with Crippen LogP contribution in [0.3, 0.4) is 0 Å². The molecule has 84 valence electrons. The number of anilines is 1. The molecule has 0 radical (unpaired) electrons. The normalized spacial score (nSPS) is 19.8. The Bertz CT molecular complexity index is 417. The summed E-state index contributed by atoms with van der Waals surface area (Å²) < 4.78 is 0. The van der Waals surface area contributed by atoms with E-state index in [1.54, 1.807) is 0 Å². The Labute approximate surface area is 97.5 Å². The molecule has 0 N–H and O–H groups in total. The summed E-state index contributed by atoms with van der Waals surface area (Å²) in [5.41, 5.74) is 3.15. The van der Waals surface area contributed by atoms with Gasteiger partial charge in [0.1, 0.15) is 0 Å². The molecule has 0 bridgehead atoms. The van der Waals surface area contributed by atoms with Crippen molar-refractivity contribution >= 4 is 5.69 Å². The van der Waals surface area contributed by atoms with Crippen molar-refractivity contribution < 1.29 is 0 Å². The minimum Gasteiger partial charge on any atom is -0.369 e. The average molecular weight is 214 g/mol. The Kier molecular flexibility index (Phi) is 3.14. The van der Waals surface area contributed by atoms with Crippen LogP contribution >= 0.6 is 0 Å².